The topological polar surface area (TPSA) is 71.5 Å². The molecule has 0 bridgehead atoms. The fraction of sp³-hybridized carbons (Fsp3) is 0.174. The Kier molecular flexibility index (Phi) is 6.24. The van der Waals surface area contributed by atoms with E-state index in [-0.39, 0.29) is 5.91 Å². The van der Waals surface area contributed by atoms with E-state index in [0.29, 0.717) is 16.8 Å². The summed E-state index contributed by atoms with van der Waals surface area (Å²) in [4.78, 5) is 31.1. The molecule has 29 heavy (non-hydrogen) atoms. The van der Waals surface area contributed by atoms with Gasteiger partial charge in [0.1, 0.15) is 0 Å². The van der Waals surface area contributed by atoms with Gasteiger partial charge in [0.15, 0.2) is 0 Å². The molecule has 1 heterocycles. The van der Waals surface area contributed by atoms with Crippen molar-refractivity contribution in [3.05, 3.63) is 83.7 Å². The average Bonchev–Trinajstić information content (AvgIpc) is 2.74. The molecule has 2 aromatic carbocycles. The minimum absolute atomic E-state index is 0.294. The van der Waals surface area contributed by atoms with Crippen LogP contribution in [0.4, 0.5) is 17.1 Å². The highest BCUT2D eigenvalue weighted by atomic mass is 16.5. The molecule has 0 aliphatic heterocycles. The molecule has 6 heteroatoms. The van der Waals surface area contributed by atoms with Gasteiger partial charge in [-0.25, -0.2) is 4.79 Å². The normalized spacial score (nSPS) is 10.3. The minimum Gasteiger partial charge on any atom is -0.465 e. The summed E-state index contributed by atoms with van der Waals surface area (Å²) in [7, 11) is 1.30. The third kappa shape index (κ3) is 4.60. The van der Waals surface area contributed by atoms with E-state index >= 15 is 0 Å². The summed E-state index contributed by atoms with van der Waals surface area (Å²) in [6, 6.07) is 16.7. The molecule has 0 unspecified atom stereocenters. The van der Waals surface area contributed by atoms with Gasteiger partial charge in [-0.3, -0.25) is 9.78 Å². The molecule has 0 aliphatic carbocycles. The van der Waals surface area contributed by atoms with Crippen molar-refractivity contribution in [3.63, 3.8) is 0 Å². The number of hydrogen-bond acceptors (Lipinski definition) is 5. The molecular formula is C23H23N3O3. The number of anilines is 3. The van der Waals surface area contributed by atoms with E-state index in [1.54, 1.807) is 36.5 Å². The number of pyridine rings is 1. The van der Waals surface area contributed by atoms with Crippen molar-refractivity contribution in [3.8, 4) is 0 Å². The van der Waals surface area contributed by atoms with Crippen molar-refractivity contribution < 1.29 is 14.3 Å². The summed E-state index contributed by atoms with van der Waals surface area (Å²) < 4.78 is 4.78. The predicted octanol–water partition coefficient (Wildman–Crippen LogP) is 4.59. The van der Waals surface area contributed by atoms with Crippen molar-refractivity contribution >= 4 is 28.9 Å². The lowest BCUT2D eigenvalue weighted by Crippen LogP contribution is -2.19. The number of ether oxygens (including phenoxy) is 1. The molecule has 0 saturated heterocycles. The minimum atomic E-state index is -0.510. The molecule has 1 N–H and O–H groups in total. The fourth-order valence-corrected chi connectivity index (χ4v) is 3.08. The number of aromatic nitrogens is 1. The average molecular weight is 389 g/mol. The Morgan fingerprint density at radius 1 is 1.03 bits per heavy atom. The number of carbonyl (C=O) groups is 2. The predicted molar refractivity (Wildman–Crippen MR) is 114 cm³/mol. The first-order valence-electron chi connectivity index (χ1n) is 9.31. The van der Waals surface area contributed by atoms with E-state index in [0.717, 1.165) is 23.5 Å². The monoisotopic (exact) mass is 389 g/mol. The molecule has 1 amide bonds. The first-order valence-corrected chi connectivity index (χ1v) is 9.31. The number of hydrogen-bond donors (Lipinski definition) is 1. The van der Waals surface area contributed by atoms with E-state index in [4.69, 9.17) is 4.74 Å². The fourth-order valence-electron chi connectivity index (χ4n) is 3.08. The van der Waals surface area contributed by atoms with Crippen LogP contribution in [0.15, 0.2) is 67.0 Å². The van der Waals surface area contributed by atoms with Crippen LogP contribution in [0.25, 0.3) is 0 Å². The molecule has 1 aromatic heterocycles. The van der Waals surface area contributed by atoms with Crippen LogP contribution in [-0.4, -0.2) is 30.5 Å². The van der Waals surface area contributed by atoms with Crippen molar-refractivity contribution in [2.45, 2.75) is 13.8 Å². The molecule has 3 rings (SSSR count). The number of esters is 1. The van der Waals surface area contributed by atoms with Crippen LogP contribution in [0.5, 0.6) is 0 Å². The van der Waals surface area contributed by atoms with Gasteiger partial charge in [0, 0.05) is 18.4 Å². The van der Waals surface area contributed by atoms with Crippen molar-refractivity contribution in [2.24, 2.45) is 0 Å². The maximum Gasteiger partial charge on any atom is 0.339 e. The smallest absolute Gasteiger partial charge is 0.339 e. The number of nitrogens with zero attached hydrogens (tertiary/aromatic N) is 2. The van der Waals surface area contributed by atoms with Crippen LogP contribution in [0, 0.1) is 6.92 Å². The number of amides is 1. The molecule has 0 fully saturated rings. The highest BCUT2D eigenvalue weighted by Gasteiger charge is 2.16. The van der Waals surface area contributed by atoms with Crippen LogP contribution < -0.4 is 10.2 Å². The zero-order valence-corrected chi connectivity index (χ0v) is 16.7. The maximum absolute atomic E-state index is 12.8. The van der Waals surface area contributed by atoms with E-state index in [9.17, 15) is 9.59 Å². The second-order valence-electron chi connectivity index (χ2n) is 6.51. The highest BCUT2D eigenvalue weighted by Crippen LogP contribution is 2.26. The lowest BCUT2D eigenvalue weighted by molar-refractivity contribution is 0.0602. The quantitative estimate of drug-likeness (QED) is 0.625. The summed E-state index contributed by atoms with van der Waals surface area (Å²) in [5.74, 6) is -0.861. The van der Waals surface area contributed by atoms with E-state index in [2.05, 4.69) is 21.3 Å². The number of rotatable bonds is 6. The van der Waals surface area contributed by atoms with Crippen molar-refractivity contribution in [1.29, 1.82) is 0 Å². The van der Waals surface area contributed by atoms with Gasteiger partial charge in [-0.05, 0) is 49.7 Å². The molecule has 0 saturated carbocycles. The zero-order valence-electron chi connectivity index (χ0n) is 16.7. The summed E-state index contributed by atoms with van der Waals surface area (Å²) in [5.41, 5.74) is 4.08. The van der Waals surface area contributed by atoms with Crippen LogP contribution in [0.1, 0.15) is 33.2 Å². The van der Waals surface area contributed by atoms with Gasteiger partial charge in [-0.15, -0.1) is 0 Å². The molecule has 0 spiro atoms. The molecule has 0 atom stereocenters. The van der Waals surface area contributed by atoms with E-state index < -0.39 is 5.97 Å². The Bertz CT molecular complexity index is 1030. The zero-order chi connectivity index (χ0) is 20.8. The third-order valence-electron chi connectivity index (χ3n) is 4.51. The summed E-state index contributed by atoms with van der Waals surface area (Å²) in [5, 5.41) is 2.78. The first-order chi connectivity index (χ1) is 14.0. The number of aryl methyl sites for hydroxylation is 1. The molecule has 148 valence electrons. The third-order valence-corrected chi connectivity index (χ3v) is 4.51. The van der Waals surface area contributed by atoms with Crippen molar-refractivity contribution in [2.75, 3.05) is 23.9 Å². The Morgan fingerprint density at radius 2 is 1.83 bits per heavy atom. The van der Waals surface area contributed by atoms with Crippen molar-refractivity contribution in [1.82, 2.24) is 4.98 Å². The summed E-state index contributed by atoms with van der Waals surface area (Å²) in [6.45, 7) is 4.81. The van der Waals surface area contributed by atoms with Crippen LogP contribution >= 0.6 is 0 Å². The number of para-hydroxylation sites is 1. The van der Waals surface area contributed by atoms with Gasteiger partial charge >= 0.3 is 5.97 Å². The van der Waals surface area contributed by atoms with Gasteiger partial charge < -0.3 is 15.0 Å². The number of benzene rings is 2. The Balaban J connectivity index is 1.88. The van der Waals surface area contributed by atoms with E-state index in [1.165, 1.54) is 13.3 Å². The van der Waals surface area contributed by atoms with Crippen LogP contribution in [0.3, 0.4) is 0 Å². The highest BCUT2D eigenvalue weighted by molar-refractivity contribution is 6.08. The van der Waals surface area contributed by atoms with Gasteiger partial charge in [0.25, 0.3) is 5.91 Å². The lowest BCUT2D eigenvalue weighted by Gasteiger charge is -2.23. The second kappa shape index (κ2) is 9.01. The van der Waals surface area contributed by atoms with Crippen LogP contribution in [0.2, 0.25) is 0 Å². The molecule has 3 aromatic rings. The number of nitrogens with one attached hydrogen (secondary N) is 1. The molecule has 0 radical (unpaired) electrons. The lowest BCUT2D eigenvalue weighted by atomic mass is 10.1. The molecular weight excluding hydrogens is 366 g/mol. The standard InChI is InChI=1S/C23H23N3O3/c1-4-26(18-9-7-8-16(2)12-18)19-13-17(14-24-15-19)22(27)25-21-11-6-5-10-20(21)23(28)29-3/h5-15H,4H2,1-3H3,(H,25,27). The number of carbonyl (C=O) groups excluding carboxylic acids is 2. The van der Waals surface area contributed by atoms with Gasteiger partial charge in [0.2, 0.25) is 0 Å². The molecule has 6 nitrogen and oxygen atoms in total. The number of methoxy groups -OCH3 is 1. The maximum atomic E-state index is 12.8. The largest absolute Gasteiger partial charge is 0.465 e. The Morgan fingerprint density at radius 3 is 2.55 bits per heavy atom. The Labute approximate surface area is 170 Å². The SMILES string of the molecule is CCN(c1cccc(C)c1)c1cncc(C(=O)Nc2ccccc2C(=O)OC)c1. The van der Waals surface area contributed by atoms with Crippen LogP contribution in [-0.2, 0) is 4.74 Å². The van der Waals surface area contributed by atoms with Gasteiger partial charge in [0.05, 0.1) is 35.8 Å². The second-order valence-corrected chi connectivity index (χ2v) is 6.51. The summed E-state index contributed by atoms with van der Waals surface area (Å²) in [6.07, 6.45) is 3.23. The van der Waals surface area contributed by atoms with Gasteiger partial charge in [-0.1, -0.05) is 24.3 Å². The van der Waals surface area contributed by atoms with E-state index in [1.807, 2.05) is 32.0 Å². The Hall–Kier alpha value is -3.67. The first kappa shape index (κ1) is 20.1. The summed E-state index contributed by atoms with van der Waals surface area (Å²) >= 11 is 0. The molecule has 0 aliphatic rings. The van der Waals surface area contributed by atoms with Gasteiger partial charge in [-0.2, -0.15) is 0 Å².